The molecule has 26 heteroatoms. The molecule has 0 heterocycles. The van der Waals surface area contributed by atoms with Crippen molar-refractivity contribution in [2.75, 3.05) is 0 Å². The third kappa shape index (κ3) is 2780000. The Hall–Kier alpha value is -3.12. The van der Waals surface area contributed by atoms with Crippen molar-refractivity contribution in [3.05, 3.63) is 0 Å². The zero-order valence-corrected chi connectivity index (χ0v) is 24.3. The summed E-state index contributed by atoms with van der Waals surface area (Å²) < 4.78 is 0. The molecule has 24 nitrogen and oxygen atoms in total. The molecule has 0 bridgehead atoms. The van der Waals surface area contributed by atoms with E-state index in [0.29, 0.717) is 0 Å². The largest absolute Gasteiger partial charge is 1.00 e. The smallest absolute Gasteiger partial charge is 1.00 e. The number of hydrogen-bond donors (Lipinski definition) is 3. The second kappa shape index (κ2) is 173. The van der Waals surface area contributed by atoms with Gasteiger partial charge in [0.1, 0.15) is 0 Å². The number of carboxylic acids is 3. The number of aliphatic carboxylic acids is 3. The Morgan fingerprint density at radius 2 is 0.750 bits per heavy atom. The van der Waals surface area contributed by atoms with Crippen molar-refractivity contribution in [3.8, 4) is 12.2 Å². The summed E-state index contributed by atoms with van der Waals surface area (Å²) in [6.45, 7) is 2.67. The van der Waals surface area contributed by atoms with E-state index in [2.05, 4.69) is 9.78 Å². The zero-order valence-electron chi connectivity index (χ0n) is 21.3. The van der Waals surface area contributed by atoms with Crippen molar-refractivity contribution in [2.45, 2.75) is 35.6 Å². The maximum atomic E-state index is 9.00. The number of aliphatic hydroxyl groups is 2. The Bertz CT molecular complexity index is 454. The Morgan fingerprint density at radius 1 is 0.700 bits per heavy atom. The van der Waals surface area contributed by atoms with E-state index in [-0.39, 0.29) is 122 Å². The molecule has 0 spiro atoms. The van der Waals surface area contributed by atoms with Crippen LogP contribution < -0.4 is 90.1 Å². The number of carbonyl (C=O) groups excluding carboxylic acids is 7. The first kappa shape index (κ1) is 120. The van der Waals surface area contributed by atoms with Crippen LogP contribution in [0.3, 0.4) is 0 Å². The van der Waals surface area contributed by atoms with Crippen LogP contribution in [0.1, 0.15) is 37.1 Å². The molecular formula is C14H36Na2O24-2. The fourth-order valence-electron chi connectivity index (χ4n) is 0. The number of rotatable bonds is 2. The van der Waals surface area contributed by atoms with Crippen molar-refractivity contribution in [2.24, 2.45) is 0 Å². The summed E-state index contributed by atoms with van der Waals surface area (Å²) in [5.41, 5.74) is 0. The van der Waals surface area contributed by atoms with Gasteiger partial charge in [-0.3, -0.25) is 14.4 Å². The Kier molecular flexibility index (Phi) is 520. The van der Waals surface area contributed by atoms with Crippen molar-refractivity contribution in [3.63, 3.8) is 0 Å². The SMILES string of the molecule is C.C.CC(=O)O.CC(=O)[O-].CC(=O)[O-].O.O.O=C([O-])[O-].O=C=O.O=CO[O-].O=CO[O-].OC#CO.[H-].[Na+].[Na+].[OH3+].[OH3+].[OH3+]. The van der Waals surface area contributed by atoms with Crippen LogP contribution >= 0.6 is 0 Å². The summed E-state index contributed by atoms with van der Waals surface area (Å²) in [5.74, 6) is -3.00. The molecule has 0 aromatic carbocycles. The third-order valence-corrected chi connectivity index (χ3v) is 0.129. The van der Waals surface area contributed by atoms with E-state index < -0.39 is 24.1 Å². The van der Waals surface area contributed by atoms with Gasteiger partial charge < -0.3 is 99.2 Å². The Morgan fingerprint density at radius 3 is 0.750 bits per heavy atom. The minimum absolute atomic E-state index is 0. The first-order chi connectivity index (χ1) is 14.1. The molecule has 0 atom stereocenters. The van der Waals surface area contributed by atoms with Crippen LogP contribution in [-0.4, -0.2) is 69.4 Å². The van der Waals surface area contributed by atoms with Gasteiger partial charge in [0.15, 0.2) is 12.2 Å². The van der Waals surface area contributed by atoms with E-state index in [1.807, 2.05) is 0 Å². The molecule has 0 aliphatic rings. The van der Waals surface area contributed by atoms with Crippen LogP contribution in [0.15, 0.2) is 0 Å². The van der Waals surface area contributed by atoms with E-state index in [1.54, 1.807) is 0 Å². The minimum Gasteiger partial charge on any atom is -1.00 e. The zero-order chi connectivity index (χ0) is 27.3. The summed E-state index contributed by atoms with van der Waals surface area (Å²) in [7, 11) is 0. The number of carboxylic acid groups (broad SMARTS) is 5. The average Bonchev–Trinajstić information content (AvgIpc) is 2.60. The van der Waals surface area contributed by atoms with Gasteiger partial charge in [0.05, 0.1) is 0 Å². The van der Waals surface area contributed by atoms with Gasteiger partial charge in [-0.1, -0.05) is 14.9 Å². The number of hydrogen-bond acceptors (Lipinski definition) is 18. The fraction of sp³-hybridized carbons (Fsp3) is 0.357. The molecule has 0 aromatic rings. The maximum Gasteiger partial charge on any atom is 1.00 e. The predicted molar refractivity (Wildman–Crippen MR) is 107 cm³/mol. The van der Waals surface area contributed by atoms with Gasteiger partial charge in [-0.25, -0.2) is 0 Å². The molecule has 0 aliphatic carbocycles. The molecule has 0 saturated carbocycles. The molecule has 0 unspecified atom stereocenters. The van der Waals surface area contributed by atoms with Gasteiger partial charge in [0.2, 0.25) is 0 Å². The molecule has 240 valence electrons. The average molecular weight is 634 g/mol. The van der Waals surface area contributed by atoms with Gasteiger partial charge in [-0.2, -0.15) is 9.59 Å². The van der Waals surface area contributed by atoms with Gasteiger partial charge in [0.25, 0.3) is 18.9 Å². The van der Waals surface area contributed by atoms with Crippen LogP contribution in [0.2, 0.25) is 0 Å². The quantitative estimate of drug-likeness (QED) is 0.0633. The topological polar surface area (TPSA) is 516 Å². The van der Waals surface area contributed by atoms with Crippen molar-refractivity contribution in [1.82, 2.24) is 0 Å². The molecule has 0 aliphatic heterocycles. The third-order valence-electron chi connectivity index (χ3n) is 0.129. The van der Waals surface area contributed by atoms with Gasteiger partial charge in [0, 0.05) is 18.9 Å². The van der Waals surface area contributed by atoms with Crippen LogP contribution in [0.25, 0.3) is 0 Å². The number of carbonyl (C=O) groups is 6. The second-order valence-corrected chi connectivity index (χ2v) is 2.44. The molecule has 16 N–H and O–H groups in total. The maximum absolute atomic E-state index is 9.00. The van der Waals surface area contributed by atoms with Gasteiger partial charge >= 0.3 is 65.3 Å². The Labute approximate surface area is 272 Å². The second-order valence-electron chi connectivity index (χ2n) is 2.44. The molecule has 40 heavy (non-hydrogen) atoms. The molecule has 0 fully saturated rings. The van der Waals surface area contributed by atoms with Crippen molar-refractivity contribution < 1.29 is 182 Å². The first-order valence-electron chi connectivity index (χ1n) is 5.74. The molecule has 0 amide bonds. The summed E-state index contributed by atoms with van der Waals surface area (Å²) in [5, 5.41) is 73.2. The summed E-state index contributed by atoms with van der Waals surface area (Å²) in [6.07, 6.45) is 0.389. The predicted octanol–water partition coefficient (Wildman–Crippen LogP) is -17.9. The molecule has 0 aromatic heterocycles. The summed E-state index contributed by atoms with van der Waals surface area (Å²) >= 11 is 0. The van der Waals surface area contributed by atoms with Crippen LogP contribution in [0.4, 0.5) is 4.79 Å². The standard InChI is InChI=1S/3C2H4O2.C2H2O2.3CH2O3.CO2.2CH4.2Na.5H2O.H/c3*1-2(3)4;3-1-2-4;2*2-1-4-3;2-1(3)4;2-1-3;;;;;;;;;;/h3*1H3,(H,3,4);3-4H;2*1,3H;(H2,2,3,4);;2*1H4;;;5*1H2;/q;;;;;;;;;;2*+1;;;;;;-1/p-3. The minimum atomic E-state index is -2.33. The monoisotopic (exact) mass is 634 g/mol. The molecule has 0 rings (SSSR count). The Balaban J connectivity index is -0.00000000892. The molecule has 0 radical (unpaired) electrons. The van der Waals surface area contributed by atoms with Gasteiger partial charge in [-0.15, -0.1) is 0 Å². The summed E-state index contributed by atoms with van der Waals surface area (Å²) in [6, 6.07) is 0. The van der Waals surface area contributed by atoms with Crippen molar-refractivity contribution in [1.29, 1.82) is 0 Å². The first-order valence-corrected chi connectivity index (χ1v) is 5.74. The molecule has 0 saturated heterocycles. The molecular weight excluding hydrogens is 598 g/mol. The van der Waals surface area contributed by atoms with Crippen LogP contribution in [-0.2, 0) is 59.8 Å². The van der Waals surface area contributed by atoms with E-state index in [0.717, 1.165) is 20.8 Å². The fourth-order valence-corrected chi connectivity index (χ4v) is 0. The number of aliphatic hydroxyl groups excluding tert-OH is 2. The summed E-state index contributed by atoms with van der Waals surface area (Å²) in [4.78, 5) is 73.9. The van der Waals surface area contributed by atoms with Crippen LogP contribution in [0, 0.1) is 12.2 Å². The van der Waals surface area contributed by atoms with E-state index in [4.69, 9.17) is 84.6 Å². The van der Waals surface area contributed by atoms with E-state index in [9.17, 15) is 0 Å². The van der Waals surface area contributed by atoms with Gasteiger partial charge in [-0.05, 0) is 20.0 Å². The van der Waals surface area contributed by atoms with E-state index >= 15 is 0 Å². The van der Waals surface area contributed by atoms with E-state index in [1.165, 1.54) is 12.2 Å². The van der Waals surface area contributed by atoms with Crippen LogP contribution in [0.5, 0.6) is 0 Å². The normalized spacial score (nSPS) is 4.03. The van der Waals surface area contributed by atoms with Crippen molar-refractivity contribution >= 4 is 43.2 Å².